The second-order valence-corrected chi connectivity index (χ2v) is 5.08. The fourth-order valence-electron chi connectivity index (χ4n) is 1.91. The van der Waals surface area contributed by atoms with Gasteiger partial charge >= 0.3 is 0 Å². The Morgan fingerprint density at radius 3 is 2.70 bits per heavy atom. The molecule has 0 atom stereocenters. The van der Waals surface area contributed by atoms with E-state index in [1.54, 1.807) is 12.1 Å². The fraction of sp³-hybridized carbons (Fsp3) is 0.312. The quantitative estimate of drug-likeness (QED) is 0.682. The van der Waals surface area contributed by atoms with Crippen LogP contribution in [0.5, 0.6) is 0 Å². The molecule has 1 aromatic heterocycles. The van der Waals surface area contributed by atoms with E-state index in [1.807, 2.05) is 0 Å². The van der Waals surface area contributed by atoms with Crippen LogP contribution in [0.2, 0.25) is 0 Å². The molecule has 0 saturated carbocycles. The molecule has 1 aromatic carbocycles. The maximum Gasteiger partial charge on any atom is 0.256 e. The maximum atomic E-state index is 12.8. The number of carbonyl (C=O) groups is 1. The van der Waals surface area contributed by atoms with E-state index >= 15 is 0 Å². The van der Waals surface area contributed by atoms with Gasteiger partial charge in [0.15, 0.2) is 0 Å². The lowest BCUT2D eigenvalue weighted by molar-refractivity contribution is 0.0951. The van der Waals surface area contributed by atoms with Crippen molar-refractivity contribution in [2.24, 2.45) is 0 Å². The highest BCUT2D eigenvalue weighted by molar-refractivity contribution is 5.98. The number of anilines is 2. The SMILES string of the molecule is CCCCNc1ncc(C(=O)NCc2ccc(F)cc2)c(N)n1. The van der Waals surface area contributed by atoms with E-state index in [2.05, 4.69) is 27.5 Å². The minimum Gasteiger partial charge on any atom is -0.383 e. The maximum absolute atomic E-state index is 12.8. The highest BCUT2D eigenvalue weighted by Crippen LogP contribution is 2.11. The molecule has 23 heavy (non-hydrogen) atoms. The molecule has 4 N–H and O–H groups in total. The van der Waals surface area contributed by atoms with Crippen molar-refractivity contribution >= 4 is 17.7 Å². The van der Waals surface area contributed by atoms with Crippen molar-refractivity contribution in [1.29, 1.82) is 0 Å². The largest absolute Gasteiger partial charge is 0.383 e. The highest BCUT2D eigenvalue weighted by Gasteiger charge is 2.12. The number of amides is 1. The van der Waals surface area contributed by atoms with Crippen LogP contribution in [-0.4, -0.2) is 22.4 Å². The number of hydrogen-bond acceptors (Lipinski definition) is 5. The summed E-state index contributed by atoms with van der Waals surface area (Å²) in [6, 6.07) is 5.90. The van der Waals surface area contributed by atoms with E-state index in [-0.39, 0.29) is 29.7 Å². The van der Waals surface area contributed by atoms with Gasteiger partial charge in [0, 0.05) is 19.3 Å². The lowest BCUT2D eigenvalue weighted by Gasteiger charge is -2.09. The number of carbonyl (C=O) groups excluding carboxylic acids is 1. The Bertz CT molecular complexity index is 660. The first-order chi connectivity index (χ1) is 11.1. The number of nitrogens with two attached hydrogens (primary N) is 1. The molecule has 0 aliphatic rings. The van der Waals surface area contributed by atoms with Crippen LogP contribution in [-0.2, 0) is 6.54 Å². The summed E-state index contributed by atoms with van der Waals surface area (Å²) in [6.45, 7) is 3.12. The minimum absolute atomic E-state index is 0.121. The van der Waals surface area contributed by atoms with Crippen molar-refractivity contribution in [3.05, 3.63) is 47.4 Å². The van der Waals surface area contributed by atoms with Crippen molar-refractivity contribution in [2.75, 3.05) is 17.6 Å². The molecular weight excluding hydrogens is 297 g/mol. The average molecular weight is 317 g/mol. The Kier molecular flexibility index (Phi) is 5.85. The van der Waals surface area contributed by atoms with Gasteiger partial charge < -0.3 is 16.4 Å². The van der Waals surface area contributed by atoms with Crippen molar-refractivity contribution in [2.45, 2.75) is 26.3 Å². The zero-order valence-corrected chi connectivity index (χ0v) is 13.0. The Morgan fingerprint density at radius 1 is 1.30 bits per heavy atom. The molecule has 0 spiro atoms. The molecule has 2 rings (SSSR count). The van der Waals surface area contributed by atoms with Gasteiger partial charge in [-0.1, -0.05) is 25.5 Å². The smallest absolute Gasteiger partial charge is 0.256 e. The zero-order chi connectivity index (χ0) is 16.7. The standard InChI is InChI=1S/C16H20FN5O/c1-2-3-8-19-16-21-10-13(14(18)22-16)15(23)20-9-11-4-6-12(17)7-5-11/h4-7,10H,2-3,8-9H2,1H3,(H,20,23)(H3,18,19,21,22). The van der Waals surface area contributed by atoms with Gasteiger partial charge in [-0.3, -0.25) is 4.79 Å². The Balaban J connectivity index is 1.94. The van der Waals surface area contributed by atoms with E-state index in [0.717, 1.165) is 24.9 Å². The Hall–Kier alpha value is -2.70. The van der Waals surface area contributed by atoms with Gasteiger partial charge in [-0.2, -0.15) is 4.98 Å². The summed E-state index contributed by atoms with van der Waals surface area (Å²) in [7, 11) is 0. The molecule has 0 saturated heterocycles. The van der Waals surface area contributed by atoms with E-state index < -0.39 is 0 Å². The fourth-order valence-corrected chi connectivity index (χ4v) is 1.91. The minimum atomic E-state index is -0.369. The Morgan fingerprint density at radius 2 is 2.04 bits per heavy atom. The number of nitrogen functional groups attached to an aromatic ring is 1. The van der Waals surface area contributed by atoms with Crippen LogP contribution >= 0.6 is 0 Å². The van der Waals surface area contributed by atoms with Crippen LogP contribution in [0.3, 0.4) is 0 Å². The lowest BCUT2D eigenvalue weighted by atomic mass is 10.2. The number of rotatable bonds is 7. The van der Waals surface area contributed by atoms with Gasteiger partial charge in [-0.15, -0.1) is 0 Å². The van der Waals surface area contributed by atoms with Crippen LogP contribution in [0, 0.1) is 5.82 Å². The highest BCUT2D eigenvalue weighted by atomic mass is 19.1. The first-order valence-corrected chi connectivity index (χ1v) is 7.49. The van der Waals surface area contributed by atoms with Crippen LogP contribution in [0.15, 0.2) is 30.5 Å². The summed E-state index contributed by atoms with van der Waals surface area (Å²) in [5.41, 5.74) is 6.82. The molecule has 0 bridgehead atoms. The lowest BCUT2D eigenvalue weighted by Crippen LogP contribution is -2.24. The number of aromatic nitrogens is 2. The number of unbranched alkanes of at least 4 members (excludes halogenated alkanes) is 1. The summed E-state index contributed by atoms with van der Waals surface area (Å²) in [6.07, 6.45) is 3.46. The zero-order valence-electron chi connectivity index (χ0n) is 13.0. The average Bonchev–Trinajstić information content (AvgIpc) is 2.54. The second-order valence-electron chi connectivity index (χ2n) is 5.08. The van der Waals surface area contributed by atoms with Crippen molar-refractivity contribution in [3.8, 4) is 0 Å². The first-order valence-electron chi connectivity index (χ1n) is 7.49. The van der Waals surface area contributed by atoms with Crippen molar-refractivity contribution in [1.82, 2.24) is 15.3 Å². The van der Waals surface area contributed by atoms with Gasteiger partial charge in [0.05, 0.1) is 5.56 Å². The molecule has 2 aromatic rings. The molecule has 0 radical (unpaired) electrons. The predicted octanol–water partition coefficient (Wildman–Crippen LogP) is 2.34. The van der Waals surface area contributed by atoms with Gasteiger partial charge in [0.1, 0.15) is 11.6 Å². The summed E-state index contributed by atoms with van der Waals surface area (Å²) < 4.78 is 12.8. The monoisotopic (exact) mass is 317 g/mol. The van der Waals surface area contributed by atoms with Gasteiger partial charge in [0.25, 0.3) is 5.91 Å². The van der Waals surface area contributed by atoms with Crippen LogP contribution in [0.25, 0.3) is 0 Å². The summed E-state index contributed by atoms with van der Waals surface area (Å²) >= 11 is 0. The first kappa shape index (κ1) is 16.7. The molecule has 1 heterocycles. The third kappa shape index (κ3) is 4.91. The Labute approximate surface area is 134 Å². The molecule has 122 valence electrons. The molecule has 0 aliphatic heterocycles. The number of nitrogens with one attached hydrogen (secondary N) is 2. The molecule has 7 heteroatoms. The second kappa shape index (κ2) is 8.07. The predicted molar refractivity (Wildman–Crippen MR) is 87.4 cm³/mol. The molecule has 0 aliphatic carbocycles. The van der Waals surface area contributed by atoms with E-state index in [1.165, 1.54) is 18.3 Å². The van der Waals surface area contributed by atoms with Crippen LogP contribution in [0.4, 0.5) is 16.2 Å². The number of halogens is 1. The molecule has 0 fully saturated rings. The number of nitrogens with zero attached hydrogens (tertiary/aromatic N) is 2. The van der Waals surface area contributed by atoms with E-state index in [4.69, 9.17) is 5.73 Å². The van der Waals surface area contributed by atoms with Gasteiger partial charge in [-0.05, 0) is 24.1 Å². The molecule has 1 amide bonds. The van der Waals surface area contributed by atoms with E-state index in [9.17, 15) is 9.18 Å². The van der Waals surface area contributed by atoms with Gasteiger partial charge in [-0.25, -0.2) is 9.37 Å². The molecule has 6 nitrogen and oxygen atoms in total. The number of benzene rings is 1. The van der Waals surface area contributed by atoms with E-state index in [0.29, 0.717) is 5.95 Å². The van der Waals surface area contributed by atoms with Crippen LogP contribution in [0.1, 0.15) is 35.7 Å². The van der Waals surface area contributed by atoms with Gasteiger partial charge in [0.2, 0.25) is 5.95 Å². The summed E-state index contributed by atoms with van der Waals surface area (Å²) in [4.78, 5) is 20.3. The molecule has 0 unspecified atom stereocenters. The third-order valence-corrected chi connectivity index (χ3v) is 3.24. The van der Waals surface area contributed by atoms with Crippen molar-refractivity contribution in [3.63, 3.8) is 0 Å². The third-order valence-electron chi connectivity index (χ3n) is 3.24. The number of hydrogen-bond donors (Lipinski definition) is 3. The summed E-state index contributed by atoms with van der Waals surface area (Å²) in [5.74, 6) is -0.155. The summed E-state index contributed by atoms with van der Waals surface area (Å²) in [5, 5.41) is 5.75. The topological polar surface area (TPSA) is 92.9 Å². The normalized spacial score (nSPS) is 10.3. The van der Waals surface area contributed by atoms with Crippen molar-refractivity contribution < 1.29 is 9.18 Å². The van der Waals surface area contributed by atoms with Crippen LogP contribution < -0.4 is 16.4 Å². The molecular formula is C16H20FN5O.